The number of sulfonamides is 2. The number of furan rings is 1. The number of carbonyl (C=O) groups excluding carboxylic acids is 1. The van der Waals surface area contributed by atoms with Crippen molar-refractivity contribution in [1.82, 2.24) is 9.62 Å². The largest absolute Gasteiger partial charge is 0.468 e. The van der Waals surface area contributed by atoms with Gasteiger partial charge >= 0.3 is 0 Å². The highest BCUT2D eigenvalue weighted by molar-refractivity contribution is 7.94. The molecular formula is C21H27N3O6S2. The third-order valence-corrected chi connectivity index (χ3v) is 9.20. The number of rotatable bonds is 7. The SMILES string of the molecule is Cc1ccc(N2C(=O)CCS2(=O)=O)cc1S(=O)(=O)NCC(c1ccco1)N1CCCCC1. The summed E-state index contributed by atoms with van der Waals surface area (Å²) in [7, 11) is -7.76. The van der Waals surface area contributed by atoms with Crippen LogP contribution in [0.3, 0.4) is 0 Å². The Kier molecular flexibility index (Phi) is 6.44. The quantitative estimate of drug-likeness (QED) is 0.644. The van der Waals surface area contributed by atoms with Crippen molar-refractivity contribution >= 4 is 31.6 Å². The van der Waals surface area contributed by atoms with Crippen molar-refractivity contribution in [2.45, 2.75) is 43.5 Å². The van der Waals surface area contributed by atoms with E-state index in [2.05, 4.69) is 9.62 Å². The average Bonchev–Trinajstić information content (AvgIpc) is 3.37. The van der Waals surface area contributed by atoms with Crippen molar-refractivity contribution < 1.29 is 26.0 Å². The third kappa shape index (κ3) is 4.61. The Morgan fingerprint density at radius 1 is 1.16 bits per heavy atom. The van der Waals surface area contributed by atoms with Gasteiger partial charge in [0.2, 0.25) is 26.0 Å². The maximum atomic E-state index is 13.2. The minimum Gasteiger partial charge on any atom is -0.468 e. The number of benzene rings is 1. The first-order chi connectivity index (χ1) is 15.2. The fourth-order valence-electron chi connectivity index (χ4n) is 4.26. The molecule has 3 heterocycles. The predicted octanol–water partition coefficient (Wildman–Crippen LogP) is 2.16. The molecule has 1 aromatic heterocycles. The van der Waals surface area contributed by atoms with E-state index in [1.807, 2.05) is 6.07 Å². The van der Waals surface area contributed by atoms with Gasteiger partial charge in [-0.3, -0.25) is 9.69 Å². The predicted molar refractivity (Wildman–Crippen MR) is 119 cm³/mol. The number of aryl methyl sites for hydroxylation is 1. The van der Waals surface area contributed by atoms with Crippen LogP contribution in [0.5, 0.6) is 0 Å². The summed E-state index contributed by atoms with van der Waals surface area (Å²) in [5.41, 5.74) is 0.495. The molecule has 2 fully saturated rings. The molecule has 1 N–H and O–H groups in total. The van der Waals surface area contributed by atoms with E-state index in [0.29, 0.717) is 15.6 Å². The monoisotopic (exact) mass is 481 g/mol. The number of anilines is 1. The van der Waals surface area contributed by atoms with Crippen LogP contribution in [0.4, 0.5) is 5.69 Å². The maximum Gasteiger partial charge on any atom is 0.242 e. The molecule has 0 radical (unpaired) electrons. The maximum absolute atomic E-state index is 13.2. The van der Waals surface area contributed by atoms with Gasteiger partial charge in [0.05, 0.1) is 28.6 Å². The van der Waals surface area contributed by atoms with Crippen molar-refractivity contribution in [3.63, 3.8) is 0 Å². The van der Waals surface area contributed by atoms with E-state index in [9.17, 15) is 21.6 Å². The van der Waals surface area contributed by atoms with E-state index in [1.165, 1.54) is 18.2 Å². The van der Waals surface area contributed by atoms with Gasteiger partial charge in [-0.2, -0.15) is 0 Å². The molecule has 2 saturated heterocycles. The zero-order valence-electron chi connectivity index (χ0n) is 17.9. The van der Waals surface area contributed by atoms with Gasteiger partial charge in [0.25, 0.3) is 0 Å². The van der Waals surface area contributed by atoms with E-state index in [1.54, 1.807) is 19.3 Å². The molecule has 1 amide bonds. The van der Waals surface area contributed by atoms with Crippen LogP contribution in [0.1, 0.15) is 43.0 Å². The molecule has 1 unspecified atom stereocenters. The van der Waals surface area contributed by atoms with Crippen LogP contribution < -0.4 is 9.03 Å². The van der Waals surface area contributed by atoms with Crippen molar-refractivity contribution in [1.29, 1.82) is 0 Å². The fourth-order valence-corrected chi connectivity index (χ4v) is 7.01. The Hall–Kier alpha value is -2.21. The summed E-state index contributed by atoms with van der Waals surface area (Å²) in [6, 6.07) is 7.59. The normalized spacial score (nSPS) is 20.5. The number of amides is 1. The van der Waals surface area contributed by atoms with Crippen molar-refractivity contribution in [3.05, 3.63) is 47.9 Å². The van der Waals surface area contributed by atoms with Crippen LogP contribution in [-0.4, -0.2) is 53.0 Å². The summed E-state index contributed by atoms with van der Waals surface area (Å²) in [5.74, 6) is -0.150. The second kappa shape index (κ2) is 8.97. The molecule has 32 heavy (non-hydrogen) atoms. The lowest BCUT2D eigenvalue weighted by atomic mass is 10.1. The smallest absolute Gasteiger partial charge is 0.242 e. The Balaban J connectivity index is 1.59. The minimum atomic E-state index is -3.97. The van der Waals surface area contributed by atoms with Crippen LogP contribution in [-0.2, 0) is 24.8 Å². The molecule has 2 aliphatic heterocycles. The topological polar surface area (TPSA) is 117 Å². The van der Waals surface area contributed by atoms with Gasteiger partial charge < -0.3 is 4.42 Å². The number of carbonyl (C=O) groups is 1. The first-order valence-electron chi connectivity index (χ1n) is 10.6. The average molecular weight is 482 g/mol. The van der Waals surface area contributed by atoms with Crippen LogP contribution in [0.15, 0.2) is 45.9 Å². The number of hydrogen-bond acceptors (Lipinski definition) is 7. The molecular weight excluding hydrogens is 454 g/mol. The summed E-state index contributed by atoms with van der Waals surface area (Å²) in [6.45, 7) is 3.46. The molecule has 1 aromatic carbocycles. The van der Waals surface area contributed by atoms with E-state index in [0.717, 1.165) is 32.4 Å². The summed E-state index contributed by atoms with van der Waals surface area (Å²) in [5, 5.41) is 0. The van der Waals surface area contributed by atoms with Gasteiger partial charge in [0.1, 0.15) is 5.76 Å². The molecule has 11 heteroatoms. The molecule has 0 aliphatic carbocycles. The Morgan fingerprint density at radius 2 is 1.91 bits per heavy atom. The fraction of sp³-hybridized carbons (Fsp3) is 0.476. The Bertz CT molecular complexity index is 1190. The van der Waals surface area contributed by atoms with Gasteiger partial charge in [-0.05, 0) is 62.7 Å². The zero-order chi connectivity index (χ0) is 22.9. The Labute approximate surface area is 188 Å². The summed E-state index contributed by atoms with van der Waals surface area (Å²) < 4.78 is 59.9. The molecule has 0 saturated carbocycles. The van der Waals surface area contributed by atoms with E-state index in [4.69, 9.17) is 4.42 Å². The number of likely N-dealkylation sites (tertiary alicyclic amines) is 1. The molecule has 9 nitrogen and oxygen atoms in total. The van der Waals surface area contributed by atoms with Crippen molar-refractivity contribution in [3.8, 4) is 0 Å². The molecule has 0 spiro atoms. The van der Waals surface area contributed by atoms with E-state index < -0.39 is 26.0 Å². The third-order valence-electron chi connectivity index (χ3n) is 5.94. The number of nitrogens with one attached hydrogen (secondary N) is 1. The molecule has 2 aromatic rings. The summed E-state index contributed by atoms with van der Waals surface area (Å²) in [4.78, 5) is 14.3. The van der Waals surface area contributed by atoms with Crippen LogP contribution in [0.25, 0.3) is 0 Å². The molecule has 4 rings (SSSR count). The van der Waals surface area contributed by atoms with Crippen LogP contribution in [0, 0.1) is 6.92 Å². The molecule has 174 valence electrons. The highest BCUT2D eigenvalue weighted by atomic mass is 32.2. The minimum absolute atomic E-state index is 0.0390. The van der Waals surface area contributed by atoms with Crippen LogP contribution in [0.2, 0.25) is 0 Å². The Morgan fingerprint density at radius 3 is 2.53 bits per heavy atom. The molecule has 0 bridgehead atoms. The van der Waals surface area contributed by atoms with Gasteiger partial charge in [0, 0.05) is 13.0 Å². The standard InChI is InChI=1S/C21H27N3O6S2/c1-16-7-8-17(24-21(25)9-13-31(24,26)27)14-20(16)32(28,29)22-15-18(19-6-5-12-30-19)23-10-3-2-4-11-23/h5-8,12,14,18,22H,2-4,9-11,13,15H2,1H3. The summed E-state index contributed by atoms with van der Waals surface area (Å²) >= 11 is 0. The number of hydrogen-bond donors (Lipinski definition) is 1. The second-order valence-corrected chi connectivity index (χ2v) is 11.8. The second-order valence-electron chi connectivity index (χ2n) is 8.15. The highest BCUT2D eigenvalue weighted by Crippen LogP contribution is 2.30. The van der Waals surface area contributed by atoms with Gasteiger partial charge in [-0.25, -0.2) is 25.9 Å². The number of piperidine rings is 1. The lowest BCUT2D eigenvalue weighted by molar-refractivity contribution is -0.116. The van der Waals surface area contributed by atoms with E-state index in [-0.39, 0.29) is 35.3 Å². The van der Waals surface area contributed by atoms with E-state index >= 15 is 0 Å². The van der Waals surface area contributed by atoms with Crippen LogP contribution >= 0.6 is 0 Å². The van der Waals surface area contributed by atoms with Crippen molar-refractivity contribution in [2.24, 2.45) is 0 Å². The van der Waals surface area contributed by atoms with Gasteiger partial charge in [0.15, 0.2) is 0 Å². The highest BCUT2D eigenvalue weighted by Gasteiger charge is 2.37. The number of nitrogens with zero attached hydrogens (tertiary/aromatic N) is 2. The lowest BCUT2D eigenvalue weighted by Crippen LogP contribution is -2.40. The zero-order valence-corrected chi connectivity index (χ0v) is 19.5. The first kappa shape index (κ1) is 23.0. The van der Waals surface area contributed by atoms with Gasteiger partial charge in [-0.1, -0.05) is 12.5 Å². The first-order valence-corrected chi connectivity index (χ1v) is 13.7. The van der Waals surface area contributed by atoms with Crippen molar-refractivity contribution in [2.75, 3.05) is 29.7 Å². The lowest BCUT2D eigenvalue weighted by Gasteiger charge is -2.33. The molecule has 1 atom stereocenters. The summed E-state index contributed by atoms with van der Waals surface area (Å²) in [6.07, 6.45) is 4.70. The molecule has 2 aliphatic rings. The van der Waals surface area contributed by atoms with Gasteiger partial charge in [-0.15, -0.1) is 0 Å².